The summed E-state index contributed by atoms with van der Waals surface area (Å²) in [5.74, 6) is -0.347. The number of nitriles is 1. The zero-order chi connectivity index (χ0) is 17.1. The first-order chi connectivity index (χ1) is 11.6. The first-order valence-corrected chi connectivity index (χ1v) is 7.88. The van der Waals surface area contributed by atoms with Crippen LogP contribution in [0.25, 0.3) is 17.2 Å². The molecule has 0 aliphatic carbocycles. The van der Waals surface area contributed by atoms with Crippen molar-refractivity contribution in [3.05, 3.63) is 64.5 Å². The molecule has 0 bridgehead atoms. The molecule has 0 spiro atoms. The zero-order valence-corrected chi connectivity index (χ0v) is 13.4. The minimum atomic E-state index is -0.297. The summed E-state index contributed by atoms with van der Waals surface area (Å²) in [5.41, 5.74) is 4.77. The maximum atomic E-state index is 13.2. The molecule has 0 unspecified atom stereocenters. The number of nitrogens with zero attached hydrogens (tertiary/aromatic N) is 1. The van der Waals surface area contributed by atoms with Crippen LogP contribution in [0.1, 0.15) is 29.5 Å². The molecule has 1 aliphatic rings. The molecule has 120 valence electrons. The van der Waals surface area contributed by atoms with Crippen LogP contribution in [-0.4, -0.2) is 12.5 Å². The van der Waals surface area contributed by atoms with Crippen LogP contribution in [0.2, 0.25) is 0 Å². The van der Waals surface area contributed by atoms with Crippen molar-refractivity contribution in [3.8, 4) is 17.2 Å². The van der Waals surface area contributed by atoms with Crippen LogP contribution >= 0.6 is 0 Å². The molecule has 1 fully saturated rings. The summed E-state index contributed by atoms with van der Waals surface area (Å²) < 4.78 is 13.2. The Morgan fingerprint density at radius 3 is 2.67 bits per heavy atom. The molecule has 1 saturated heterocycles. The van der Waals surface area contributed by atoms with E-state index < -0.39 is 0 Å². The molecule has 0 atom stereocenters. The number of hydrogen-bond acceptors (Lipinski definition) is 2. The molecule has 1 N–H and O–H groups in total. The van der Waals surface area contributed by atoms with Gasteiger partial charge in [0.15, 0.2) is 0 Å². The van der Waals surface area contributed by atoms with Crippen LogP contribution in [0, 0.1) is 24.1 Å². The van der Waals surface area contributed by atoms with E-state index in [1.165, 1.54) is 12.1 Å². The van der Waals surface area contributed by atoms with Gasteiger partial charge in [-0.15, -0.1) is 0 Å². The monoisotopic (exact) mass is 320 g/mol. The van der Waals surface area contributed by atoms with Gasteiger partial charge in [-0.1, -0.05) is 12.1 Å². The predicted octanol–water partition coefficient (Wildman–Crippen LogP) is 3.97. The Hall–Kier alpha value is -2.93. The second-order valence-electron chi connectivity index (χ2n) is 5.89. The summed E-state index contributed by atoms with van der Waals surface area (Å²) >= 11 is 0. The fourth-order valence-electron chi connectivity index (χ4n) is 2.91. The van der Waals surface area contributed by atoms with Crippen molar-refractivity contribution < 1.29 is 9.18 Å². The maximum absolute atomic E-state index is 13.2. The number of nitrogens with one attached hydrogen (secondary N) is 1. The van der Waals surface area contributed by atoms with Gasteiger partial charge in [0.2, 0.25) is 5.91 Å². The number of halogens is 1. The third-order valence-corrected chi connectivity index (χ3v) is 4.26. The number of amides is 1. The lowest BCUT2D eigenvalue weighted by atomic mass is 9.92. The van der Waals surface area contributed by atoms with E-state index in [2.05, 4.69) is 11.4 Å². The average molecular weight is 320 g/mol. The second kappa shape index (κ2) is 6.67. The Labute approximate surface area is 140 Å². The Morgan fingerprint density at radius 1 is 1.25 bits per heavy atom. The van der Waals surface area contributed by atoms with E-state index in [0.29, 0.717) is 12.1 Å². The summed E-state index contributed by atoms with van der Waals surface area (Å²) in [4.78, 5) is 12.0. The van der Waals surface area contributed by atoms with Gasteiger partial charge < -0.3 is 5.32 Å². The molecule has 2 aromatic carbocycles. The molecular formula is C20H17FN2O. The van der Waals surface area contributed by atoms with Gasteiger partial charge in [-0.3, -0.25) is 4.79 Å². The fraction of sp³-hybridized carbons (Fsp3) is 0.200. The summed E-state index contributed by atoms with van der Waals surface area (Å²) in [5, 5.41) is 12.2. The number of carbonyl (C=O) groups excluding carboxylic acids is 1. The fourth-order valence-corrected chi connectivity index (χ4v) is 2.91. The Balaban J connectivity index is 2.12. The van der Waals surface area contributed by atoms with Crippen LogP contribution in [0.3, 0.4) is 0 Å². The van der Waals surface area contributed by atoms with E-state index in [-0.39, 0.29) is 11.7 Å². The smallest absolute Gasteiger partial charge is 0.247 e. The summed E-state index contributed by atoms with van der Waals surface area (Å²) in [7, 11) is 0. The number of hydrogen-bond donors (Lipinski definition) is 1. The molecule has 24 heavy (non-hydrogen) atoms. The first-order valence-electron chi connectivity index (χ1n) is 7.88. The predicted molar refractivity (Wildman–Crippen MR) is 91.5 cm³/mol. The Kier molecular flexibility index (Phi) is 4.43. The lowest BCUT2D eigenvalue weighted by Crippen LogP contribution is -2.30. The van der Waals surface area contributed by atoms with Crippen molar-refractivity contribution in [2.75, 3.05) is 6.54 Å². The topological polar surface area (TPSA) is 52.9 Å². The highest BCUT2D eigenvalue weighted by atomic mass is 19.1. The molecule has 0 aromatic heterocycles. The molecule has 1 aliphatic heterocycles. The summed E-state index contributed by atoms with van der Waals surface area (Å²) in [6, 6.07) is 11.9. The van der Waals surface area contributed by atoms with Gasteiger partial charge >= 0.3 is 0 Å². The number of benzene rings is 2. The third-order valence-electron chi connectivity index (χ3n) is 4.26. The number of carbonyl (C=O) groups is 1. The van der Waals surface area contributed by atoms with Gasteiger partial charge in [-0.2, -0.15) is 5.26 Å². The maximum Gasteiger partial charge on any atom is 0.247 e. The van der Waals surface area contributed by atoms with E-state index in [0.717, 1.165) is 40.7 Å². The van der Waals surface area contributed by atoms with Gasteiger partial charge in [0.25, 0.3) is 0 Å². The van der Waals surface area contributed by atoms with E-state index in [4.69, 9.17) is 0 Å². The van der Waals surface area contributed by atoms with Crippen molar-refractivity contribution >= 4 is 12.0 Å². The summed E-state index contributed by atoms with van der Waals surface area (Å²) in [6.45, 7) is 2.65. The standard InChI is InChI=1S/C20H17FN2O/c1-13-17(11-16-3-2-8-23-20(16)24)9-14(12-22)10-19(13)15-4-6-18(21)7-5-15/h4-7,9-11H,2-3,8H2,1H3,(H,23,24)/b16-11+. The van der Waals surface area contributed by atoms with Crippen LogP contribution in [-0.2, 0) is 4.79 Å². The van der Waals surface area contributed by atoms with Crippen molar-refractivity contribution in [3.63, 3.8) is 0 Å². The highest BCUT2D eigenvalue weighted by molar-refractivity contribution is 5.99. The number of rotatable bonds is 2. The lowest BCUT2D eigenvalue weighted by Gasteiger charge is -2.16. The molecule has 3 nitrogen and oxygen atoms in total. The largest absolute Gasteiger partial charge is 0.352 e. The highest BCUT2D eigenvalue weighted by Crippen LogP contribution is 2.29. The molecular weight excluding hydrogens is 303 g/mol. The van der Waals surface area contributed by atoms with Crippen LogP contribution in [0.5, 0.6) is 0 Å². The van der Waals surface area contributed by atoms with Crippen molar-refractivity contribution in [1.29, 1.82) is 5.26 Å². The van der Waals surface area contributed by atoms with Crippen LogP contribution < -0.4 is 5.32 Å². The molecule has 3 rings (SSSR count). The molecule has 2 aromatic rings. The minimum absolute atomic E-state index is 0.0497. The van der Waals surface area contributed by atoms with Crippen molar-refractivity contribution in [2.45, 2.75) is 19.8 Å². The van der Waals surface area contributed by atoms with Gasteiger partial charge in [0.05, 0.1) is 11.6 Å². The SMILES string of the molecule is Cc1c(/C=C2\CCCNC2=O)cc(C#N)cc1-c1ccc(F)cc1. The van der Waals surface area contributed by atoms with E-state index in [1.807, 2.05) is 13.0 Å². The van der Waals surface area contributed by atoms with Gasteiger partial charge in [-0.25, -0.2) is 4.39 Å². The second-order valence-corrected chi connectivity index (χ2v) is 5.89. The van der Waals surface area contributed by atoms with E-state index in [1.54, 1.807) is 24.3 Å². The van der Waals surface area contributed by atoms with Crippen molar-refractivity contribution in [1.82, 2.24) is 5.32 Å². The first kappa shape index (κ1) is 15.9. The highest BCUT2D eigenvalue weighted by Gasteiger charge is 2.15. The van der Waals surface area contributed by atoms with Crippen LogP contribution in [0.15, 0.2) is 42.0 Å². The molecule has 4 heteroatoms. The average Bonchev–Trinajstić information content (AvgIpc) is 2.59. The van der Waals surface area contributed by atoms with E-state index in [9.17, 15) is 14.4 Å². The lowest BCUT2D eigenvalue weighted by molar-refractivity contribution is -0.118. The zero-order valence-electron chi connectivity index (χ0n) is 13.4. The molecule has 1 amide bonds. The van der Waals surface area contributed by atoms with Crippen LogP contribution in [0.4, 0.5) is 4.39 Å². The Morgan fingerprint density at radius 2 is 2.00 bits per heavy atom. The van der Waals surface area contributed by atoms with E-state index >= 15 is 0 Å². The third kappa shape index (κ3) is 3.21. The van der Waals surface area contributed by atoms with Gasteiger partial charge in [0.1, 0.15) is 5.82 Å². The van der Waals surface area contributed by atoms with Crippen molar-refractivity contribution in [2.24, 2.45) is 0 Å². The summed E-state index contributed by atoms with van der Waals surface area (Å²) in [6.07, 6.45) is 3.50. The quantitative estimate of drug-likeness (QED) is 0.851. The molecule has 0 radical (unpaired) electrons. The van der Waals surface area contributed by atoms with Gasteiger partial charge in [0, 0.05) is 12.1 Å². The van der Waals surface area contributed by atoms with Gasteiger partial charge in [-0.05, 0) is 72.4 Å². The number of piperidine rings is 1. The normalized spacial score (nSPS) is 15.9. The molecule has 1 heterocycles. The molecule has 0 saturated carbocycles. The minimum Gasteiger partial charge on any atom is -0.352 e. The Bertz CT molecular complexity index is 860.